The van der Waals surface area contributed by atoms with E-state index in [-0.39, 0.29) is 6.10 Å². The van der Waals surface area contributed by atoms with Crippen molar-refractivity contribution >= 4 is 0 Å². The third-order valence-corrected chi connectivity index (χ3v) is 2.67. The first-order chi connectivity index (χ1) is 7.00. The first-order valence-electron chi connectivity index (χ1n) is 5.64. The normalized spacial score (nSPS) is 37.2. The summed E-state index contributed by atoms with van der Waals surface area (Å²) in [5.74, 6) is 0.578. The van der Waals surface area contributed by atoms with E-state index >= 15 is 0 Å². The number of aliphatic hydroxyl groups is 2. The van der Waals surface area contributed by atoms with Gasteiger partial charge < -0.3 is 19.7 Å². The second-order valence-electron chi connectivity index (χ2n) is 4.63. The quantitative estimate of drug-likeness (QED) is 0.736. The van der Waals surface area contributed by atoms with Gasteiger partial charge in [-0.15, -0.1) is 0 Å². The Morgan fingerprint density at radius 1 is 1.33 bits per heavy atom. The number of hydrogen-bond donors (Lipinski definition) is 2. The van der Waals surface area contributed by atoms with Crippen LogP contribution >= 0.6 is 0 Å². The van der Waals surface area contributed by atoms with Gasteiger partial charge in [0.2, 0.25) is 0 Å². The van der Waals surface area contributed by atoms with Crippen LogP contribution < -0.4 is 0 Å². The summed E-state index contributed by atoms with van der Waals surface area (Å²) < 4.78 is 10.8. The summed E-state index contributed by atoms with van der Waals surface area (Å²) in [5, 5.41) is 19.1. The maximum Gasteiger partial charge on any atom is 0.183 e. The molecule has 4 nitrogen and oxygen atoms in total. The smallest absolute Gasteiger partial charge is 0.183 e. The molecule has 4 heteroatoms. The fraction of sp³-hybridized carbons (Fsp3) is 1.00. The molecule has 0 aromatic carbocycles. The van der Waals surface area contributed by atoms with Crippen LogP contribution in [0.25, 0.3) is 0 Å². The summed E-state index contributed by atoms with van der Waals surface area (Å²) in [5.41, 5.74) is 0. The van der Waals surface area contributed by atoms with Crippen molar-refractivity contribution in [3.63, 3.8) is 0 Å². The van der Waals surface area contributed by atoms with Gasteiger partial charge in [0.1, 0.15) is 6.10 Å². The highest BCUT2D eigenvalue weighted by molar-refractivity contribution is 4.78. The minimum atomic E-state index is -0.719. The summed E-state index contributed by atoms with van der Waals surface area (Å²) in [6.45, 7) is 6.61. The molecule has 0 aliphatic carbocycles. The van der Waals surface area contributed by atoms with Crippen LogP contribution in [0.15, 0.2) is 0 Å². The lowest BCUT2D eigenvalue weighted by Crippen LogP contribution is -2.47. The van der Waals surface area contributed by atoms with Gasteiger partial charge in [0.15, 0.2) is 6.29 Å². The molecule has 4 atom stereocenters. The van der Waals surface area contributed by atoms with Gasteiger partial charge in [-0.25, -0.2) is 0 Å². The van der Waals surface area contributed by atoms with E-state index in [0.29, 0.717) is 18.9 Å². The van der Waals surface area contributed by atoms with Crippen LogP contribution in [0.3, 0.4) is 0 Å². The summed E-state index contributed by atoms with van der Waals surface area (Å²) in [4.78, 5) is 0. The molecule has 90 valence electrons. The van der Waals surface area contributed by atoms with Crippen LogP contribution in [0.4, 0.5) is 0 Å². The predicted molar refractivity (Wildman–Crippen MR) is 56.4 cm³/mol. The van der Waals surface area contributed by atoms with Crippen molar-refractivity contribution in [2.75, 3.05) is 6.61 Å². The number of hydrogen-bond acceptors (Lipinski definition) is 4. The average molecular weight is 218 g/mol. The van der Waals surface area contributed by atoms with Gasteiger partial charge >= 0.3 is 0 Å². The minimum Gasteiger partial charge on any atom is -0.390 e. The van der Waals surface area contributed by atoms with E-state index in [1.54, 1.807) is 6.92 Å². The van der Waals surface area contributed by atoms with Gasteiger partial charge in [-0.1, -0.05) is 13.8 Å². The van der Waals surface area contributed by atoms with Crippen molar-refractivity contribution in [2.45, 2.75) is 58.2 Å². The lowest BCUT2D eigenvalue weighted by molar-refractivity contribution is -0.261. The van der Waals surface area contributed by atoms with E-state index in [9.17, 15) is 10.2 Å². The molecule has 1 saturated heterocycles. The Hall–Kier alpha value is -0.160. The second-order valence-corrected chi connectivity index (χ2v) is 4.63. The highest BCUT2D eigenvalue weighted by atomic mass is 16.7. The zero-order chi connectivity index (χ0) is 11.4. The topological polar surface area (TPSA) is 58.9 Å². The summed E-state index contributed by atoms with van der Waals surface area (Å²) in [6, 6.07) is 0. The number of aliphatic hydroxyl groups excluding tert-OH is 2. The van der Waals surface area contributed by atoms with E-state index < -0.39 is 18.5 Å². The predicted octanol–water partition coefficient (Wildman–Crippen LogP) is 0.906. The van der Waals surface area contributed by atoms with E-state index in [1.807, 2.05) is 0 Å². The molecular weight excluding hydrogens is 196 g/mol. The van der Waals surface area contributed by atoms with Crippen molar-refractivity contribution in [3.8, 4) is 0 Å². The molecule has 2 N–H and O–H groups in total. The van der Waals surface area contributed by atoms with Crippen molar-refractivity contribution in [1.82, 2.24) is 0 Å². The number of ether oxygens (including phenoxy) is 2. The molecule has 1 heterocycles. The van der Waals surface area contributed by atoms with Crippen LogP contribution in [0, 0.1) is 5.92 Å². The third-order valence-electron chi connectivity index (χ3n) is 2.67. The summed E-state index contributed by atoms with van der Waals surface area (Å²) in [6.07, 6.45) is -0.885. The average Bonchev–Trinajstić information content (AvgIpc) is 2.13. The first-order valence-corrected chi connectivity index (χ1v) is 5.64. The molecule has 0 aromatic rings. The van der Waals surface area contributed by atoms with Crippen LogP contribution in [-0.4, -0.2) is 41.4 Å². The zero-order valence-corrected chi connectivity index (χ0v) is 9.72. The fourth-order valence-corrected chi connectivity index (χ4v) is 1.51. The lowest BCUT2D eigenvalue weighted by Gasteiger charge is -2.35. The summed E-state index contributed by atoms with van der Waals surface area (Å²) >= 11 is 0. The Morgan fingerprint density at radius 2 is 2.00 bits per heavy atom. The van der Waals surface area contributed by atoms with Gasteiger partial charge in [-0.2, -0.15) is 0 Å². The van der Waals surface area contributed by atoms with Crippen LogP contribution in [0.5, 0.6) is 0 Å². The van der Waals surface area contributed by atoms with Crippen molar-refractivity contribution in [2.24, 2.45) is 5.92 Å². The van der Waals surface area contributed by atoms with Gasteiger partial charge in [0.05, 0.1) is 18.8 Å². The van der Waals surface area contributed by atoms with E-state index in [2.05, 4.69) is 13.8 Å². The van der Waals surface area contributed by atoms with Gasteiger partial charge in [-0.05, 0) is 19.3 Å². The largest absolute Gasteiger partial charge is 0.390 e. The molecular formula is C11H22O4. The molecule has 0 saturated carbocycles. The molecule has 1 aliphatic heterocycles. The van der Waals surface area contributed by atoms with Gasteiger partial charge in [0, 0.05) is 6.42 Å². The van der Waals surface area contributed by atoms with Crippen LogP contribution in [0.2, 0.25) is 0 Å². The highest BCUT2D eigenvalue weighted by Gasteiger charge is 2.34. The molecule has 0 bridgehead atoms. The summed E-state index contributed by atoms with van der Waals surface area (Å²) in [7, 11) is 0. The Labute approximate surface area is 91.2 Å². The molecule has 15 heavy (non-hydrogen) atoms. The second kappa shape index (κ2) is 5.80. The molecule has 1 aliphatic rings. The van der Waals surface area contributed by atoms with E-state index in [1.165, 1.54) is 0 Å². The van der Waals surface area contributed by atoms with Crippen molar-refractivity contribution in [3.05, 3.63) is 0 Å². The standard InChI is InChI=1S/C11H22O4/c1-7(2)4-5-14-11-10(13)6-9(12)8(3)15-11/h7-13H,4-6H2,1-3H3/t8-,9+,10+,11+/m0/s1. The van der Waals surface area contributed by atoms with Crippen LogP contribution in [0.1, 0.15) is 33.6 Å². The Morgan fingerprint density at radius 3 is 2.60 bits per heavy atom. The molecule has 0 radical (unpaired) electrons. The Kier molecular flexibility index (Phi) is 4.99. The Bertz CT molecular complexity index is 183. The van der Waals surface area contributed by atoms with Crippen molar-refractivity contribution in [1.29, 1.82) is 0 Å². The number of rotatable bonds is 4. The van der Waals surface area contributed by atoms with E-state index in [0.717, 1.165) is 6.42 Å². The van der Waals surface area contributed by atoms with Gasteiger partial charge in [-0.3, -0.25) is 0 Å². The van der Waals surface area contributed by atoms with Crippen molar-refractivity contribution < 1.29 is 19.7 Å². The Balaban J connectivity index is 2.28. The maximum atomic E-state index is 9.61. The molecule has 0 spiro atoms. The minimum absolute atomic E-state index is 0.266. The molecule has 0 aromatic heterocycles. The monoisotopic (exact) mass is 218 g/mol. The highest BCUT2D eigenvalue weighted by Crippen LogP contribution is 2.21. The SMILES string of the molecule is CC(C)CCO[C@@H]1O[C@@H](C)[C@H](O)C[C@H]1O. The lowest BCUT2D eigenvalue weighted by atomic mass is 10.0. The first kappa shape index (κ1) is 12.9. The van der Waals surface area contributed by atoms with E-state index in [4.69, 9.17) is 9.47 Å². The third kappa shape index (κ3) is 4.07. The fourth-order valence-electron chi connectivity index (χ4n) is 1.51. The molecule has 1 fully saturated rings. The van der Waals surface area contributed by atoms with Crippen LogP contribution in [-0.2, 0) is 9.47 Å². The molecule has 1 rings (SSSR count). The zero-order valence-electron chi connectivity index (χ0n) is 9.72. The maximum absolute atomic E-state index is 9.61. The molecule has 0 unspecified atom stereocenters. The molecule has 0 amide bonds. The van der Waals surface area contributed by atoms with Gasteiger partial charge in [0.25, 0.3) is 0 Å².